The van der Waals surface area contributed by atoms with E-state index < -0.39 is 0 Å². The van der Waals surface area contributed by atoms with Gasteiger partial charge in [-0.25, -0.2) is 4.98 Å². The van der Waals surface area contributed by atoms with Gasteiger partial charge >= 0.3 is 0 Å². The summed E-state index contributed by atoms with van der Waals surface area (Å²) in [4.78, 5) is 7.13. The molecule has 3 N–H and O–H groups in total. The number of nitrogens with two attached hydrogens (primary N) is 1. The van der Waals surface area contributed by atoms with E-state index in [4.69, 9.17) is 5.73 Å². The maximum absolute atomic E-state index is 5.56. The fourth-order valence-corrected chi connectivity index (χ4v) is 1.46. The molecule has 62 valence electrons. The molecule has 1 aromatic rings. The molecule has 0 aliphatic carbocycles. The van der Waals surface area contributed by atoms with Crippen molar-refractivity contribution in [2.75, 3.05) is 6.54 Å². The zero-order valence-electron chi connectivity index (χ0n) is 6.79. The second-order valence-corrected chi connectivity index (χ2v) is 4.66. The second kappa shape index (κ2) is 3.28. The molecule has 0 aliphatic rings. The van der Waals surface area contributed by atoms with Crippen LogP contribution in [0.3, 0.4) is 0 Å². The fourth-order valence-electron chi connectivity index (χ4n) is 0.610. The smallest absolute Gasteiger partial charge is 0.165 e. The normalized spacial score (nSPS) is 11.9. The maximum atomic E-state index is 5.56. The van der Waals surface area contributed by atoms with Crippen LogP contribution in [0, 0.1) is 0 Å². The van der Waals surface area contributed by atoms with Gasteiger partial charge in [0.15, 0.2) is 5.16 Å². The molecule has 0 saturated heterocycles. The first-order valence-electron chi connectivity index (χ1n) is 3.52. The predicted octanol–water partition coefficient (Wildman–Crippen LogP) is 1.24. The third kappa shape index (κ3) is 2.55. The number of imidazole rings is 1. The molecule has 0 radical (unpaired) electrons. The van der Waals surface area contributed by atoms with E-state index in [-0.39, 0.29) is 4.75 Å². The summed E-state index contributed by atoms with van der Waals surface area (Å²) in [5.74, 6) is 0. The molecule has 0 unspecified atom stereocenters. The minimum absolute atomic E-state index is 0.0673. The van der Waals surface area contributed by atoms with Crippen LogP contribution in [-0.4, -0.2) is 21.3 Å². The van der Waals surface area contributed by atoms with E-state index in [1.54, 1.807) is 18.0 Å². The average molecular weight is 171 g/mol. The highest BCUT2D eigenvalue weighted by molar-refractivity contribution is 8.00. The van der Waals surface area contributed by atoms with Crippen LogP contribution in [0.2, 0.25) is 0 Å². The first-order valence-corrected chi connectivity index (χ1v) is 4.34. The molecule has 0 atom stereocenters. The summed E-state index contributed by atoms with van der Waals surface area (Å²) in [5, 5.41) is 0.931. The van der Waals surface area contributed by atoms with Crippen molar-refractivity contribution in [3.8, 4) is 0 Å². The SMILES string of the molecule is CC(C)(CN)Sc1ncc[nH]1. The number of nitrogens with zero attached hydrogens (tertiary/aromatic N) is 1. The third-order valence-electron chi connectivity index (χ3n) is 1.34. The largest absolute Gasteiger partial charge is 0.340 e. The lowest BCUT2D eigenvalue weighted by Gasteiger charge is -2.19. The molecular formula is C7H13N3S. The van der Waals surface area contributed by atoms with Gasteiger partial charge in [-0.1, -0.05) is 11.8 Å². The van der Waals surface area contributed by atoms with E-state index in [2.05, 4.69) is 23.8 Å². The number of hydrogen-bond donors (Lipinski definition) is 2. The molecule has 11 heavy (non-hydrogen) atoms. The molecular weight excluding hydrogens is 158 g/mol. The Balaban J connectivity index is 2.56. The van der Waals surface area contributed by atoms with Crippen molar-refractivity contribution < 1.29 is 0 Å². The van der Waals surface area contributed by atoms with E-state index in [0.717, 1.165) is 5.16 Å². The van der Waals surface area contributed by atoms with Crippen molar-refractivity contribution >= 4 is 11.8 Å². The first kappa shape index (κ1) is 8.62. The minimum Gasteiger partial charge on any atom is -0.340 e. The standard InChI is InChI=1S/C7H13N3S/c1-7(2,5-8)11-6-9-3-4-10-6/h3-4H,5,8H2,1-2H3,(H,9,10). The number of H-pyrrole nitrogens is 1. The quantitative estimate of drug-likeness (QED) is 0.673. The van der Waals surface area contributed by atoms with Crippen molar-refractivity contribution in [2.24, 2.45) is 5.73 Å². The lowest BCUT2D eigenvalue weighted by Crippen LogP contribution is -2.26. The van der Waals surface area contributed by atoms with E-state index in [1.807, 2.05) is 6.20 Å². The zero-order valence-corrected chi connectivity index (χ0v) is 7.61. The van der Waals surface area contributed by atoms with Crippen LogP contribution in [-0.2, 0) is 0 Å². The van der Waals surface area contributed by atoms with Crippen LogP contribution in [0.5, 0.6) is 0 Å². The van der Waals surface area contributed by atoms with E-state index >= 15 is 0 Å². The van der Waals surface area contributed by atoms with Crippen molar-refractivity contribution in [3.05, 3.63) is 12.4 Å². The third-order valence-corrected chi connectivity index (χ3v) is 2.47. The molecule has 0 fully saturated rings. The molecule has 0 aromatic carbocycles. The van der Waals surface area contributed by atoms with Crippen molar-refractivity contribution in [1.82, 2.24) is 9.97 Å². The van der Waals surface area contributed by atoms with E-state index in [0.29, 0.717) is 6.54 Å². The van der Waals surface area contributed by atoms with Gasteiger partial charge in [-0.2, -0.15) is 0 Å². The van der Waals surface area contributed by atoms with Crippen molar-refractivity contribution in [3.63, 3.8) is 0 Å². The molecule has 0 bridgehead atoms. The second-order valence-electron chi connectivity index (χ2n) is 2.96. The Bertz CT molecular complexity index is 205. The van der Waals surface area contributed by atoms with Gasteiger partial charge < -0.3 is 10.7 Å². The summed E-state index contributed by atoms with van der Waals surface area (Å²) in [7, 11) is 0. The number of aromatic nitrogens is 2. The Morgan fingerprint density at radius 1 is 1.73 bits per heavy atom. The number of rotatable bonds is 3. The highest BCUT2D eigenvalue weighted by Crippen LogP contribution is 2.28. The Hall–Kier alpha value is -0.480. The van der Waals surface area contributed by atoms with Crippen LogP contribution in [0.25, 0.3) is 0 Å². The van der Waals surface area contributed by atoms with Gasteiger partial charge in [0.2, 0.25) is 0 Å². The molecule has 4 heteroatoms. The van der Waals surface area contributed by atoms with Crippen LogP contribution in [0.1, 0.15) is 13.8 Å². The number of nitrogens with one attached hydrogen (secondary N) is 1. The van der Waals surface area contributed by atoms with Crippen molar-refractivity contribution in [1.29, 1.82) is 0 Å². The minimum atomic E-state index is 0.0673. The van der Waals surface area contributed by atoms with Gasteiger partial charge in [0.25, 0.3) is 0 Å². The molecule has 1 heterocycles. The molecule has 1 rings (SSSR count). The molecule has 3 nitrogen and oxygen atoms in total. The number of thioether (sulfide) groups is 1. The van der Waals surface area contributed by atoms with Gasteiger partial charge in [0.05, 0.1) is 0 Å². The van der Waals surface area contributed by atoms with Gasteiger partial charge in [-0.05, 0) is 13.8 Å². The summed E-state index contributed by atoms with van der Waals surface area (Å²) >= 11 is 1.66. The summed E-state index contributed by atoms with van der Waals surface area (Å²) in [6.45, 7) is 4.85. The highest BCUT2D eigenvalue weighted by Gasteiger charge is 2.17. The van der Waals surface area contributed by atoms with E-state index in [9.17, 15) is 0 Å². The van der Waals surface area contributed by atoms with Crippen LogP contribution in [0.15, 0.2) is 17.6 Å². The van der Waals surface area contributed by atoms with Crippen LogP contribution in [0.4, 0.5) is 0 Å². The predicted molar refractivity (Wildman–Crippen MR) is 47.6 cm³/mol. The monoisotopic (exact) mass is 171 g/mol. The molecule has 1 aromatic heterocycles. The van der Waals surface area contributed by atoms with Crippen molar-refractivity contribution in [2.45, 2.75) is 23.8 Å². The Labute approximate surface area is 70.8 Å². The van der Waals surface area contributed by atoms with Gasteiger partial charge in [-0.3, -0.25) is 0 Å². The molecule has 0 saturated carbocycles. The summed E-state index contributed by atoms with van der Waals surface area (Å²) in [6, 6.07) is 0. The summed E-state index contributed by atoms with van der Waals surface area (Å²) < 4.78 is 0.0673. The van der Waals surface area contributed by atoms with Crippen LogP contribution >= 0.6 is 11.8 Å². The average Bonchev–Trinajstić information content (AvgIpc) is 2.39. The first-order chi connectivity index (χ1) is 5.14. The summed E-state index contributed by atoms with van der Waals surface area (Å²) in [5.41, 5.74) is 5.56. The fraction of sp³-hybridized carbons (Fsp3) is 0.571. The highest BCUT2D eigenvalue weighted by atomic mass is 32.2. The van der Waals surface area contributed by atoms with Gasteiger partial charge in [0.1, 0.15) is 0 Å². The Morgan fingerprint density at radius 2 is 2.45 bits per heavy atom. The number of aromatic amines is 1. The molecule has 0 aliphatic heterocycles. The van der Waals surface area contributed by atoms with Gasteiger partial charge in [0, 0.05) is 23.7 Å². The zero-order chi connectivity index (χ0) is 8.32. The lowest BCUT2D eigenvalue weighted by atomic mass is 10.2. The topological polar surface area (TPSA) is 54.7 Å². The lowest BCUT2D eigenvalue weighted by molar-refractivity contribution is 0.719. The summed E-state index contributed by atoms with van der Waals surface area (Å²) in [6.07, 6.45) is 3.56. The van der Waals surface area contributed by atoms with E-state index in [1.165, 1.54) is 0 Å². The maximum Gasteiger partial charge on any atom is 0.165 e. The van der Waals surface area contributed by atoms with Gasteiger partial charge in [-0.15, -0.1) is 0 Å². The van der Waals surface area contributed by atoms with Crippen LogP contribution < -0.4 is 5.73 Å². The Morgan fingerprint density at radius 3 is 2.91 bits per heavy atom. The molecule has 0 amide bonds. The molecule has 0 spiro atoms. The Kier molecular flexibility index (Phi) is 2.57. The number of hydrogen-bond acceptors (Lipinski definition) is 3.